The molecule has 2 aromatic rings. The molecule has 1 atom stereocenters. The Morgan fingerprint density at radius 2 is 1.85 bits per heavy atom. The fourth-order valence-electron chi connectivity index (χ4n) is 2.20. The van der Waals surface area contributed by atoms with Gasteiger partial charge in [0.05, 0.1) is 6.61 Å². The number of rotatable bonds is 6. The summed E-state index contributed by atoms with van der Waals surface area (Å²) in [5.41, 5.74) is 3.90. The summed E-state index contributed by atoms with van der Waals surface area (Å²) in [6.45, 7) is 7.90. The van der Waals surface area contributed by atoms with Crippen molar-refractivity contribution in [1.82, 2.24) is 5.32 Å². The summed E-state index contributed by atoms with van der Waals surface area (Å²) < 4.78 is 5.45. The van der Waals surface area contributed by atoms with Gasteiger partial charge in [-0.05, 0) is 44.0 Å². The number of nitrogens with one attached hydrogen (secondary N) is 1. The first-order valence-corrected chi connectivity index (χ1v) is 7.20. The van der Waals surface area contributed by atoms with Crippen molar-refractivity contribution in [2.75, 3.05) is 6.61 Å². The number of hydrogen-bond donors (Lipinski definition) is 1. The normalized spacial score (nSPS) is 12.2. The van der Waals surface area contributed by atoms with E-state index in [0.29, 0.717) is 12.6 Å². The van der Waals surface area contributed by atoms with Crippen LogP contribution in [0.5, 0.6) is 5.75 Å². The van der Waals surface area contributed by atoms with E-state index >= 15 is 0 Å². The largest absolute Gasteiger partial charge is 0.494 e. The Morgan fingerprint density at radius 3 is 2.50 bits per heavy atom. The molecule has 0 bridgehead atoms. The average molecular weight is 269 g/mol. The highest BCUT2D eigenvalue weighted by Crippen LogP contribution is 2.16. The molecule has 0 aliphatic rings. The summed E-state index contributed by atoms with van der Waals surface area (Å²) in [4.78, 5) is 0. The van der Waals surface area contributed by atoms with Crippen LogP contribution in [0.1, 0.15) is 36.6 Å². The van der Waals surface area contributed by atoms with Crippen molar-refractivity contribution in [2.24, 2.45) is 0 Å². The molecule has 0 aliphatic carbocycles. The lowest BCUT2D eigenvalue weighted by Crippen LogP contribution is -2.18. The maximum Gasteiger partial charge on any atom is 0.119 e. The van der Waals surface area contributed by atoms with Crippen LogP contribution in [0.4, 0.5) is 0 Å². The van der Waals surface area contributed by atoms with Gasteiger partial charge in [-0.1, -0.05) is 42.0 Å². The van der Waals surface area contributed by atoms with E-state index in [9.17, 15) is 0 Å². The van der Waals surface area contributed by atoms with Crippen LogP contribution >= 0.6 is 0 Å². The van der Waals surface area contributed by atoms with Crippen LogP contribution in [0.25, 0.3) is 0 Å². The summed E-state index contributed by atoms with van der Waals surface area (Å²) >= 11 is 0. The third-order valence-electron chi connectivity index (χ3n) is 3.39. The molecule has 2 nitrogen and oxygen atoms in total. The lowest BCUT2D eigenvalue weighted by molar-refractivity contribution is 0.340. The molecular weight excluding hydrogens is 246 g/mol. The predicted molar refractivity (Wildman–Crippen MR) is 84.0 cm³/mol. The molecule has 0 heterocycles. The second-order valence-corrected chi connectivity index (χ2v) is 5.09. The molecule has 2 rings (SSSR count). The highest BCUT2D eigenvalue weighted by Gasteiger charge is 2.04. The van der Waals surface area contributed by atoms with Gasteiger partial charge in [0.1, 0.15) is 5.75 Å². The second-order valence-electron chi connectivity index (χ2n) is 5.09. The Hall–Kier alpha value is -1.80. The topological polar surface area (TPSA) is 21.3 Å². The maximum absolute atomic E-state index is 5.45. The summed E-state index contributed by atoms with van der Waals surface area (Å²) in [5, 5.41) is 3.55. The molecule has 0 amide bonds. The van der Waals surface area contributed by atoms with Gasteiger partial charge in [0.25, 0.3) is 0 Å². The Bertz CT molecular complexity index is 533. The van der Waals surface area contributed by atoms with E-state index in [2.05, 4.69) is 55.6 Å². The molecule has 20 heavy (non-hydrogen) atoms. The van der Waals surface area contributed by atoms with Gasteiger partial charge >= 0.3 is 0 Å². The number of ether oxygens (including phenoxy) is 1. The van der Waals surface area contributed by atoms with E-state index in [0.717, 1.165) is 12.3 Å². The monoisotopic (exact) mass is 269 g/mol. The third-order valence-corrected chi connectivity index (χ3v) is 3.39. The zero-order chi connectivity index (χ0) is 14.4. The van der Waals surface area contributed by atoms with Crippen molar-refractivity contribution < 1.29 is 4.74 Å². The molecule has 2 aromatic carbocycles. The van der Waals surface area contributed by atoms with Gasteiger partial charge in [-0.3, -0.25) is 0 Å². The Morgan fingerprint density at radius 1 is 1.10 bits per heavy atom. The van der Waals surface area contributed by atoms with Crippen LogP contribution in [0.2, 0.25) is 0 Å². The first kappa shape index (κ1) is 14.6. The van der Waals surface area contributed by atoms with E-state index in [-0.39, 0.29) is 0 Å². The molecule has 106 valence electrons. The maximum atomic E-state index is 5.45. The van der Waals surface area contributed by atoms with Crippen LogP contribution in [0.3, 0.4) is 0 Å². The van der Waals surface area contributed by atoms with Crippen LogP contribution in [-0.2, 0) is 6.54 Å². The van der Waals surface area contributed by atoms with Crippen molar-refractivity contribution in [3.05, 3.63) is 65.2 Å². The van der Waals surface area contributed by atoms with Gasteiger partial charge in [-0.15, -0.1) is 0 Å². The lowest BCUT2D eigenvalue weighted by atomic mass is 10.1. The van der Waals surface area contributed by atoms with Crippen molar-refractivity contribution in [2.45, 2.75) is 33.4 Å². The minimum Gasteiger partial charge on any atom is -0.494 e. The lowest BCUT2D eigenvalue weighted by Gasteiger charge is -2.15. The summed E-state index contributed by atoms with van der Waals surface area (Å²) in [5.74, 6) is 0.933. The van der Waals surface area contributed by atoms with E-state index in [1.165, 1.54) is 16.7 Å². The third kappa shape index (κ3) is 4.10. The standard InChI is InChI=1S/C18H23NO/c1-4-20-18-10-8-16(9-11-18)13-19-15(3)17-7-5-6-14(2)12-17/h5-12,15,19H,4,13H2,1-3H3/t15-/m0/s1. The first-order valence-electron chi connectivity index (χ1n) is 7.20. The molecular formula is C18H23NO. The first-order chi connectivity index (χ1) is 9.69. The molecule has 1 N–H and O–H groups in total. The van der Waals surface area contributed by atoms with E-state index in [1.807, 2.05) is 19.1 Å². The minimum absolute atomic E-state index is 0.349. The fourth-order valence-corrected chi connectivity index (χ4v) is 2.20. The van der Waals surface area contributed by atoms with Crippen LogP contribution in [0.15, 0.2) is 48.5 Å². The Labute approximate surface area is 121 Å². The fraction of sp³-hybridized carbons (Fsp3) is 0.333. The van der Waals surface area contributed by atoms with Gasteiger partial charge in [0.2, 0.25) is 0 Å². The van der Waals surface area contributed by atoms with Crippen LogP contribution in [0, 0.1) is 6.92 Å². The summed E-state index contributed by atoms with van der Waals surface area (Å²) in [6.07, 6.45) is 0. The van der Waals surface area contributed by atoms with Crippen LogP contribution < -0.4 is 10.1 Å². The molecule has 0 aromatic heterocycles. The molecule has 0 fully saturated rings. The van der Waals surface area contributed by atoms with Gasteiger partial charge in [-0.25, -0.2) is 0 Å². The average Bonchev–Trinajstić information content (AvgIpc) is 2.46. The predicted octanol–water partition coefficient (Wildman–Crippen LogP) is 4.24. The van der Waals surface area contributed by atoms with Crippen molar-refractivity contribution >= 4 is 0 Å². The number of hydrogen-bond acceptors (Lipinski definition) is 2. The van der Waals surface area contributed by atoms with E-state index in [1.54, 1.807) is 0 Å². The van der Waals surface area contributed by atoms with Gasteiger partial charge in [0.15, 0.2) is 0 Å². The van der Waals surface area contributed by atoms with Crippen molar-refractivity contribution in [3.63, 3.8) is 0 Å². The SMILES string of the molecule is CCOc1ccc(CN[C@@H](C)c2cccc(C)c2)cc1. The molecule has 2 heteroatoms. The van der Waals surface area contributed by atoms with E-state index in [4.69, 9.17) is 4.74 Å². The zero-order valence-corrected chi connectivity index (χ0v) is 12.5. The summed E-state index contributed by atoms with van der Waals surface area (Å²) in [6, 6.07) is 17.3. The zero-order valence-electron chi connectivity index (χ0n) is 12.5. The van der Waals surface area contributed by atoms with Gasteiger partial charge < -0.3 is 10.1 Å². The molecule has 0 unspecified atom stereocenters. The molecule has 0 saturated carbocycles. The molecule has 0 radical (unpaired) electrons. The minimum atomic E-state index is 0.349. The highest BCUT2D eigenvalue weighted by atomic mass is 16.5. The molecule has 0 aliphatic heterocycles. The molecule has 0 saturated heterocycles. The van der Waals surface area contributed by atoms with E-state index < -0.39 is 0 Å². The number of benzene rings is 2. The Balaban J connectivity index is 1.91. The molecule has 0 spiro atoms. The van der Waals surface area contributed by atoms with Crippen molar-refractivity contribution in [1.29, 1.82) is 0 Å². The smallest absolute Gasteiger partial charge is 0.119 e. The van der Waals surface area contributed by atoms with Crippen molar-refractivity contribution in [3.8, 4) is 5.75 Å². The highest BCUT2D eigenvalue weighted by molar-refractivity contribution is 5.28. The summed E-state index contributed by atoms with van der Waals surface area (Å²) in [7, 11) is 0. The van der Waals surface area contributed by atoms with Crippen LogP contribution in [-0.4, -0.2) is 6.61 Å². The second kappa shape index (κ2) is 7.11. The van der Waals surface area contributed by atoms with Gasteiger partial charge in [0, 0.05) is 12.6 Å². The quantitative estimate of drug-likeness (QED) is 0.846. The Kier molecular flexibility index (Phi) is 5.19. The number of aryl methyl sites for hydroxylation is 1. The van der Waals surface area contributed by atoms with Gasteiger partial charge in [-0.2, -0.15) is 0 Å².